The van der Waals surface area contributed by atoms with Crippen molar-refractivity contribution in [1.82, 2.24) is 10.6 Å². The van der Waals surface area contributed by atoms with E-state index in [1.54, 1.807) is 30.2 Å². The Bertz CT molecular complexity index is 729. The highest BCUT2D eigenvalue weighted by Gasteiger charge is 2.39. The SMILES string of the molecule is COc1ccc(Sc2ccc(C(=O)N[C@@H]3C[C@H]4CC[C@@H]3N4)s2)cc1. The van der Waals surface area contributed by atoms with Crippen LogP contribution in [0.2, 0.25) is 0 Å². The molecule has 1 aromatic heterocycles. The quantitative estimate of drug-likeness (QED) is 0.856. The second-order valence-corrected chi connectivity index (χ2v) is 8.72. The van der Waals surface area contributed by atoms with Crippen LogP contribution in [-0.2, 0) is 0 Å². The van der Waals surface area contributed by atoms with E-state index in [1.807, 2.05) is 36.4 Å². The number of methoxy groups -OCH3 is 1. The zero-order valence-corrected chi connectivity index (χ0v) is 15.1. The fourth-order valence-corrected chi connectivity index (χ4v) is 5.49. The average Bonchev–Trinajstić information content (AvgIpc) is 3.32. The van der Waals surface area contributed by atoms with E-state index in [0.717, 1.165) is 26.2 Å². The molecule has 126 valence electrons. The number of thiophene rings is 1. The Morgan fingerprint density at radius 2 is 2.08 bits per heavy atom. The first-order chi connectivity index (χ1) is 11.7. The van der Waals surface area contributed by atoms with Crippen LogP contribution < -0.4 is 15.4 Å². The maximum absolute atomic E-state index is 12.5. The maximum atomic E-state index is 12.5. The van der Waals surface area contributed by atoms with Crippen molar-refractivity contribution in [3.63, 3.8) is 0 Å². The molecule has 1 aromatic carbocycles. The third-order valence-corrected chi connectivity index (χ3v) is 6.92. The molecule has 0 radical (unpaired) electrons. The molecule has 2 aliphatic heterocycles. The average molecular weight is 361 g/mol. The zero-order chi connectivity index (χ0) is 16.5. The van der Waals surface area contributed by atoms with E-state index in [2.05, 4.69) is 10.6 Å². The fraction of sp³-hybridized carbons (Fsp3) is 0.389. The van der Waals surface area contributed by atoms with Crippen LogP contribution in [0.25, 0.3) is 0 Å². The second kappa shape index (κ2) is 6.78. The van der Waals surface area contributed by atoms with Gasteiger partial charge in [0.2, 0.25) is 0 Å². The molecule has 0 unspecified atom stereocenters. The molecule has 0 saturated carbocycles. The molecule has 6 heteroatoms. The lowest BCUT2D eigenvalue weighted by Gasteiger charge is -2.20. The van der Waals surface area contributed by atoms with Gasteiger partial charge in [-0.3, -0.25) is 4.79 Å². The van der Waals surface area contributed by atoms with Gasteiger partial charge < -0.3 is 15.4 Å². The maximum Gasteiger partial charge on any atom is 0.261 e. The molecule has 2 bridgehead atoms. The molecule has 2 aliphatic rings. The highest BCUT2D eigenvalue weighted by atomic mass is 32.2. The predicted molar refractivity (Wildman–Crippen MR) is 97.3 cm³/mol. The Hall–Kier alpha value is -1.50. The van der Waals surface area contributed by atoms with Gasteiger partial charge in [-0.25, -0.2) is 0 Å². The Balaban J connectivity index is 1.37. The van der Waals surface area contributed by atoms with Crippen LogP contribution >= 0.6 is 23.1 Å². The number of hydrogen-bond donors (Lipinski definition) is 2. The minimum Gasteiger partial charge on any atom is -0.497 e. The lowest BCUT2D eigenvalue weighted by atomic mass is 9.95. The van der Waals surface area contributed by atoms with Gasteiger partial charge in [0.25, 0.3) is 5.91 Å². The number of nitrogens with one attached hydrogen (secondary N) is 2. The van der Waals surface area contributed by atoms with E-state index in [-0.39, 0.29) is 11.9 Å². The van der Waals surface area contributed by atoms with E-state index < -0.39 is 0 Å². The van der Waals surface area contributed by atoms with Crippen LogP contribution in [0.3, 0.4) is 0 Å². The summed E-state index contributed by atoms with van der Waals surface area (Å²) in [7, 11) is 1.66. The lowest BCUT2D eigenvalue weighted by molar-refractivity contribution is 0.0935. The van der Waals surface area contributed by atoms with Gasteiger partial charge in [0.15, 0.2) is 0 Å². The standard InChI is InChI=1S/C18H20N2O2S2/c1-22-12-3-5-13(6-4-12)23-17-9-8-16(24-17)18(21)20-15-10-11-2-7-14(15)19-11/h3-6,8-9,11,14-15,19H,2,7,10H2,1H3,(H,20,21)/t11-,14+,15-/m1/s1. The summed E-state index contributed by atoms with van der Waals surface area (Å²) in [6.07, 6.45) is 3.49. The van der Waals surface area contributed by atoms with Crippen molar-refractivity contribution in [2.45, 2.75) is 46.5 Å². The van der Waals surface area contributed by atoms with E-state index in [9.17, 15) is 4.79 Å². The van der Waals surface area contributed by atoms with E-state index in [0.29, 0.717) is 12.1 Å². The molecule has 4 nitrogen and oxygen atoms in total. The van der Waals surface area contributed by atoms with Crippen molar-refractivity contribution in [3.05, 3.63) is 41.3 Å². The molecule has 2 aromatic rings. The van der Waals surface area contributed by atoms with Crippen LogP contribution in [0.5, 0.6) is 5.75 Å². The smallest absolute Gasteiger partial charge is 0.261 e. The molecular weight excluding hydrogens is 340 g/mol. The van der Waals surface area contributed by atoms with Crippen molar-refractivity contribution in [2.24, 2.45) is 0 Å². The minimum absolute atomic E-state index is 0.0564. The van der Waals surface area contributed by atoms with Gasteiger partial charge in [-0.2, -0.15) is 0 Å². The molecule has 0 spiro atoms. The summed E-state index contributed by atoms with van der Waals surface area (Å²) < 4.78 is 6.30. The number of hydrogen-bond acceptors (Lipinski definition) is 5. The minimum atomic E-state index is 0.0564. The Kier molecular flexibility index (Phi) is 4.52. The van der Waals surface area contributed by atoms with Crippen molar-refractivity contribution in [2.75, 3.05) is 7.11 Å². The summed E-state index contributed by atoms with van der Waals surface area (Å²) in [4.78, 5) is 14.4. The summed E-state index contributed by atoms with van der Waals surface area (Å²) in [6, 6.07) is 13.3. The van der Waals surface area contributed by atoms with E-state index in [1.165, 1.54) is 12.8 Å². The fourth-order valence-electron chi connectivity index (χ4n) is 3.48. The Morgan fingerprint density at radius 3 is 2.75 bits per heavy atom. The van der Waals surface area contributed by atoms with Gasteiger partial charge in [-0.05, 0) is 55.7 Å². The normalized spacial score (nSPS) is 25.0. The highest BCUT2D eigenvalue weighted by molar-refractivity contribution is 8.01. The summed E-state index contributed by atoms with van der Waals surface area (Å²) in [5, 5.41) is 6.76. The number of carbonyl (C=O) groups is 1. The van der Waals surface area contributed by atoms with Crippen LogP contribution in [0.1, 0.15) is 28.9 Å². The summed E-state index contributed by atoms with van der Waals surface area (Å²) >= 11 is 3.22. The molecule has 3 heterocycles. The van der Waals surface area contributed by atoms with Crippen LogP contribution in [0, 0.1) is 0 Å². The first kappa shape index (κ1) is 16.0. The molecular formula is C18H20N2O2S2. The van der Waals surface area contributed by atoms with Crippen molar-refractivity contribution >= 4 is 29.0 Å². The van der Waals surface area contributed by atoms with Crippen LogP contribution in [0.15, 0.2) is 45.5 Å². The van der Waals surface area contributed by atoms with Crippen LogP contribution in [0.4, 0.5) is 0 Å². The van der Waals surface area contributed by atoms with Gasteiger partial charge in [-0.1, -0.05) is 11.8 Å². The van der Waals surface area contributed by atoms with Gasteiger partial charge >= 0.3 is 0 Å². The van der Waals surface area contributed by atoms with Crippen molar-refractivity contribution in [1.29, 1.82) is 0 Å². The number of rotatable bonds is 5. The Morgan fingerprint density at radius 1 is 1.25 bits per heavy atom. The third kappa shape index (κ3) is 3.31. The monoisotopic (exact) mass is 360 g/mol. The molecule has 3 atom stereocenters. The third-order valence-electron chi connectivity index (χ3n) is 4.70. The molecule has 24 heavy (non-hydrogen) atoms. The molecule has 2 fully saturated rings. The van der Waals surface area contributed by atoms with Gasteiger partial charge in [0, 0.05) is 23.0 Å². The molecule has 2 N–H and O–H groups in total. The summed E-state index contributed by atoms with van der Waals surface area (Å²) in [6.45, 7) is 0. The van der Waals surface area contributed by atoms with Gasteiger partial charge in [0.1, 0.15) is 5.75 Å². The zero-order valence-electron chi connectivity index (χ0n) is 13.5. The number of benzene rings is 1. The van der Waals surface area contributed by atoms with Crippen LogP contribution in [-0.4, -0.2) is 31.1 Å². The number of amides is 1. The first-order valence-electron chi connectivity index (χ1n) is 8.20. The van der Waals surface area contributed by atoms with Crippen molar-refractivity contribution < 1.29 is 9.53 Å². The Labute approximate surface area is 150 Å². The summed E-state index contributed by atoms with van der Waals surface area (Å²) in [5.74, 6) is 0.908. The largest absolute Gasteiger partial charge is 0.497 e. The molecule has 4 rings (SSSR count). The second-order valence-electron chi connectivity index (χ2n) is 6.26. The highest BCUT2D eigenvalue weighted by Crippen LogP contribution is 2.34. The summed E-state index contributed by atoms with van der Waals surface area (Å²) in [5.41, 5.74) is 0. The first-order valence-corrected chi connectivity index (χ1v) is 9.83. The van der Waals surface area contributed by atoms with Gasteiger partial charge in [0.05, 0.1) is 16.2 Å². The lowest BCUT2D eigenvalue weighted by Crippen LogP contribution is -2.42. The molecule has 0 aliphatic carbocycles. The number of ether oxygens (including phenoxy) is 1. The van der Waals surface area contributed by atoms with E-state index in [4.69, 9.17) is 4.74 Å². The predicted octanol–water partition coefficient (Wildman–Crippen LogP) is 3.53. The number of fused-ring (bicyclic) bond motifs is 2. The number of carbonyl (C=O) groups excluding carboxylic acids is 1. The van der Waals surface area contributed by atoms with Crippen molar-refractivity contribution in [3.8, 4) is 5.75 Å². The van der Waals surface area contributed by atoms with E-state index >= 15 is 0 Å². The molecule has 2 saturated heterocycles. The van der Waals surface area contributed by atoms with Gasteiger partial charge in [-0.15, -0.1) is 11.3 Å². The molecule has 1 amide bonds. The topological polar surface area (TPSA) is 50.4 Å².